The Balaban J connectivity index is 1.78. The van der Waals surface area contributed by atoms with Crippen molar-refractivity contribution in [3.8, 4) is 0 Å². The predicted octanol–water partition coefficient (Wildman–Crippen LogP) is 3.64. The lowest BCUT2D eigenvalue weighted by atomic mass is 10.0. The third-order valence-corrected chi connectivity index (χ3v) is 5.72. The van der Waals surface area contributed by atoms with Crippen molar-refractivity contribution >= 4 is 35.0 Å². The summed E-state index contributed by atoms with van der Waals surface area (Å²) in [5.41, 5.74) is 0.805. The molecular formula is C16H14FNO3S2. The lowest BCUT2D eigenvalue weighted by Gasteiger charge is -2.25. The van der Waals surface area contributed by atoms with Crippen LogP contribution in [0.3, 0.4) is 0 Å². The summed E-state index contributed by atoms with van der Waals surface area (Å²) < 4.78 is 18.1. The van der Waals surface area contributed by atoms with Crippen LogP contribution in [0.4, 0.5) is 4.39 Å². The monoisotopic (exact) mass is 351 g/mol. The van der Waals surface area contributed by atoms with Gasteiger partial charge in [0.1, 0.15) is 10.7 Å². The summed E-state index contributed by atoms with van der Waals surface area (Å²) >= 11 is 2.74. The van der Waals surface area contributed by atoms with Gasteiger partial charge in [-0.05, 0) is 42.3 Å². The number of rotatable bonds is 3. The summed E-state index contributed by atoms with van der Waals surface area (Å²) in [6, 6.07) is 7.58. The van der Waals surface area contributed by atoms with Crippen molar-refractivity contribution in [3.63, 3.8) is 0 Å². The van der Waals surface area contributed by atoms with E-state index in [0.29, 0.717) is 9.75 Å². The van der Waals surface area contributed by atoms with Crippen molar-refractivity contribution in [2.75, 3.05) is 12.9 Å². The topological polar surface area (TPSA) is 55.4 Å². The molecule has 1 aliphatic heterocycles. The first-order chi connectivity index (χ1) is 11.1. The fourth-order valence-corrected chi connectivity index (χ4v) is 4.35. The number of nitrogens with one attached hydrogen (secondary N) is 1. The zero-order valence-electron chi connectivity index (χ0n) is 12.3. The molecular weight excluding hydrogens is 337 g/mol. The van der Waals surface area contributed by atoms with Gasteiger partial charge in [0.05, 0.1) is 18.0 Å². The number of thioether (sulfide) groups is 1. The third-order valence-electron chi connectivity index (χ3n) is 3.53. The van der Waals surface area contributed by atoms with Crippen molar-refractivity contribution in [2.24, 2.45) is 0 Å². The van der Waals surface area contributed by atoms with E-state index in [1.807, 2.05) is 0 Å². The molecule has 7 heteroatoms. The van der Waals surface area contributed by atoms with Gasteiger partial charge in [0.2, 0.25) is 0 Å². The highest BCUT2D eigenvalue weighted by molar-refractivity contribution is 7.99. The number of carbonyl (C=O) groups excluding carboxylic acids is 2. The minimum Gasteiger partial charge on any atom is -0.465 e. The Morgan fingerprint density at radius 2 is 2.04 bits per heavy atom. The van der Waals surface area contributed by atoms with Gasteiger partial charge in [-0.3, -0.25) is 4.79 Å². The van der Waals surface area contributed by atoms with Crippen molar-refractivity contribution in [1.29, 1.82) is 0 Å². The van der Waals surface area contributed by atoms with Crippen LogP contribution >= 0.6 is 23.1 Å². The average molecular weight is 351 g/mol. The predicted molar refractivity (Wildman–Crippen MR) is 87.6 cm³/mol. The molecule has 2 aromatic rings. The fourth-order valence-electron chi connectivity index (χ4n) is 2.41. The molecule has 0 aliphatic carbocycles. The Kier molecular flexibility index (Phi) is 4.68. The van der Waals surface area contributed by atoms with Crippen molar-refractivity contribution in [3.05, 3.63) is 51.5 Å². The maximum absolute atomic E-state index is 13.5. The van der Waals surface area contributed by atoms with E-state index in [4.69, 9.17) is 0 Å². The minimum atomic E-state index is -0.462. The van der Waals surface area contributed by atoms with Crippen LogP contribution in [0.15, 0.2) is 35.2 Å². The van der Waals surface area contributed by atoms with E-state index in [-0.39, 0.29) is 17.8 Å². The summed E-state index contributed by atoms with van der Waals surface area (Å²) in [5.74, 6) is -0.177. The summed E-state index contributed by atoms with van der Waals surface area (Å²) in [6.07, 6.45) is 0.738. The van der Waals surface area contributed by atoms with Crippen LogP contribution in [-0.2, 0) is 4.74 Å². The quantitative estimate of drug-likeness (QED) is 0.858. The smallest absolute Gasteiger partial charge is 0.348 e. The molecule has 1 atom stereocenters. The highest BCUT2D eigenvalue weighted by Gasteiger charge is 2.24. The van der Waals surface area contributed by atoms with Gasteiger partial charge >= 0.3 is 5.97 Å². The molecule has 0 spiro atoms. The number of fused-ring (bicyclic) bond motifs is 1. The van der Waals surface area contributed by atoms with Crippen LogP contribution in [0.2, 0.25) is 0 Å². The van der Waals surface area contributed by atoms with Gasteiger partial charge in [-0.1, -0.05) is 0 Å². The van der Waals surface area contributed by atoms with E-state index in [9.17, 15) is 14.0 Å². The molecule has 1 aromatic heterocycles. The molecule has 1 aliphatic rings. The number of thiophene rings is 1. The van der Waals surface area contributed by atoms with Crippen LogP contribution in [-0.4, -0.2) is 24.7 Å². The summed E-state index contributed by atoms with van der Waals surface area (Å²) in [6.45, 7) is 0. The first-order valence-electron chi connectivity index (χ1n) is 6.99. The van der Waals surface area contributed by atoms with E-state index < -0.39 is 5.97 Å². The second-order valence-corrected chi connectivity index (χ2v) is 7.22. The molecule has 0 fully saturated rings. The van der Waals surface area contributed by atoms with E-state index in [0.717, 1.165) is 34.0 Å². The molecule has 0 bridgehead atoms. The molecule has 2 heterocycles. The van der Waals surface area contributed by atoms with Gasteiger partial charge in [0.15, 0.2) is 0 Å². The second-order valence-electron chi connectivity index (χ2n) is 5.00. The Morgan fingerprint density at radius 1 is 1.26 bits per heavy atom. The van der Waals surface area contributed by atoms with Crippen molar-refractivity contribution in [1.82, 2.24) is 5.32 Å². The molecule has 1 amide bonds. The Bertz CT molecular complexity index is 760. The summed E-state index contributed by atoms with van der Waals surface area (Å²) in [5, 5.41) is 2.93. The van der Waals surface area contributed by atoms with E-state index in [1.165, 1.54) is 19.2 Å². The lowest BCUT2D eigenvalue weighted by molar-refractivity contribution is 0.0606. The number of amides is 1. The molecule has 0 radical (unpaired) electrons. The maximum atomic E-state index is 13.5. The number of hydrogen-bond donors (Lipinski definition) is 1. The molecule has 4 nitrogen and oxygen atoms in total. The zero-order chi connectivity index (χ0) is 16.4. The second kappa shape index (κ2) is 6.72. The molecule has 120 valence electrons. The van der Waals surface area contributed by atoms with Gasteiger partial charge in [-0.2, -0.15) is 0 Å². The SMILES string of the molecule is COC(=O)c1ccc(C(=O)NC2CCSc3ccc(F)cc32)s1. The standard InChI is InChI=1S/C16H14FNO3S2/c1-21-16(20)14-5-4-13(23-14)15(19)18-11-6-7-22-12-3-2-9(17)8-10(11)12/h2-5,8,11H,6-7H2,1H3,(H,18,19). The average Bonchev–Trinajstić information content (AvgIpc) is 3.05. The van der Waals surface area contributed by atoms with Crippen LogP contribution < -0.4 is 5.32 Å². The Labute approximate surface area is 141 Å². The molecule has 1 unspecified atom stereocenters. The molecule has 23 heavy (non-hydrogen) atoms. The van der Waals surface area contributed by atoms with Crippen LogP contribution in [0, 0.1) is 5.82 Å². The van der Waals surface area contributed by atoms with Gasteiger partial charge in [0, 0.05) is 10.6 Å². The largest absolute Gasteiger partial charge is 0.465 e. The minimum absolute atomic E-state index is 0.224. The Hall–Kier alpha value is -1.86. The van der Waals surface area contributed by atoms with Gasteiger partial charge in [-0.15, -0.1) is 23.1 Å². The first kappa shape index (κ1) is 16.0. The van der Waals surface area contributed by atoms with E-state index >= 15 is 0 Å². The number of ether oxygens (including phenoxy) is 1. The zero-order valence-corrected chi connectivity index (χ0v) is 13.9. The number of esters is 1. The number of methoxy groups -OCH3 is 1. The van der Waals surface area contributed by atoms with Crippen LogP contribution in [0.25, 0.3) is 0 Å². The normalized spacial score (nSPS) is 16.5. The van der Waals surface area contributed by atoms with Crippen LogP contribution in [0.5, 0.6) is 0 Å². The number of carbonyl (C=O) groups is 2. The maximum Gasteiger partial charge on any atom is 0.348 e. The fraction of sp³-hybridized carbons (Fsp3) is 0.250. The molecule has 1 N–H and O–H groups in total. The van der Waals surface area contributed by atoms with Crippen molar-refractivity contribution < 1.29 is 18.7 Å². The summed E-state index contributed by atoms with van der Waals surface area (Å²) in [7, 11) is 1.30. The van der Waals surface area contributed by atoms with Gasteiger partial charge in [-0.25, -0.2) is 9.18 Å². The van der Waals surface area contributed by atoms with E-state index in [2.05, 4.69) is 10.1 Å². The molecule has 3 rings (SSSR count). The Morgan fingerprint density at radius 3 is 2.83 bits per heavy atom. The number of benzene rings is 1. The molecule has 0 saturated heterocycles. The van der Waals surface area contributed by atoms with Crippen molar-refractivity contribution in [2.45, 2.75) is 17.4 Å². The van der Waals surface area contributed by atoms with E-state index in [1.54, 1.807) is 30.0 Å². The highest BCUT2D eigenvalue weighted by Crippen LogP contribution is 2.36. The molecule has 1 aromatic carbocycles. The third kappa shape index (κ3) is 3.40. The lowest BCUT2D eigenvalue weighted by Crippen LogP contribution is -2.30. The number of hydrogen-bond acceptors (Lipinski definition) is 5. The van der Waals surface area contributed by atoms with Gasteiger partial charge < -0.3 is 10.1 Å². The van der Waals surface area contributed by atoms with Crippen LogP contribution in [0.1, 0.15) is 37.4 Å². The summed E-state index contributed by atoms with van der Waals surface area (Å²) in [4.78, 5) is 25.6. The first-order valence-corrected chi connectivity index (χ1v) is 8.80. The highest BCUT2D eigenvalue weighted by atomic mass is 32.2. The molecule has 0 saturated carbocycles. The number of halogens is 1. The van der Waals surface area contributed by atoms with Gasteiger partial charge in [0.25, 0.3) is 5.91 Å².